The first-order valence-electron chi connectivity index (χ1n) is 9.18. The highest BCUT2D eigenvalue weighted by Gasteiger charge is 2.44. The van der Waals surface area contributed by atoms with Gasteiger partial charge in [0.1, 0.15) is 5.60 Å². The number of unbranched alkanes of at least 4 members (excludes halogenated alkanes) is 4. The fourth-order valence-corrected chi connectivity index (χ4v) is 3.89. The van der Waals surface area contributed by atoms with Crippen LogP contribution >= 0.6 is 0 Å². The van der Waals surface area contributed by atoms with Gasteiger partial charge in [-0.15, -0.1) is 0 Å². The molecular formula is C21H27NO3. The second-order valence-corrected chi connectivity index (χ2v) is 6.93. The summed E-state index contributed by atoms with van der Waals surface area (Å²) in [6.07, 6.45) is 6.15. The summed E-state index contributed by atoms with van der Waals surface area (Å²) in [5.74, 6) is 0.122. The Kier molecular flexibility index (Phi) is 5.00. The molecule has 1 aromatic carbocycles. The van der Waals surface area contributed by atoms with Crippen molar-refractivity contribution in [3.05, 3.63) is 46.9 Å². The molecule has 0 bridgehead atoms. The second-order valence-electron chi connectivity index (χ2n) is 6.93. The molecule has 25 heavy (non-hydrogen) atoms. The van der Waals surface area contributed by atoms with Gasteiger partial charge in [0.2, 0.25) is 5.78 Å². The minimum atomic E-state index is -1.18. The number of rotatable bonds is 7. The Morgan fingerprint density at radius 3 is 2.60 bits per heavy atom. The summed E-state index contributed by atoms with van der Waals surface area (Å²) in [6, 6.07) is 7.68. The van der Waals surface area contributed by atoms with Crippen LogP contribution in [-0.4, -0.2) is 23.0 Å². The van der Waals surface area contributed by atoms with E-state index in [0.717, 1.165) is 23.7 Å². The summed E-state index contributed by atoms with van der Waals surface area (Å²) in [6.45, 7) is 3.99. The number of carbonyl (C=O) groups is 1. The molecule has 1 aliphatic carbocycles. The molecule has 0 saturated heterocycles. The molecule has 3 rings (SSSR count). The number of Topliss-reactive ketones (excluding diaryl/α,β-unsaturated/α-hetero) is 1. The third-order valence-corrected chi connectivity index (χ3v) is 5.36. The van der Waals surface area contributed by atoms with Gasteiger partial charge in [0.05, 0.1) is 18.4 Å². The number of hydrogen-bond donors (Lipinski definition) is 2. The van der Waals surface area contributed by atoms with Gasteiger partial charge < -0.3 is 14.8 Å². The van der Waals surface area contributed by atoms with Gasteiger partial charge in [0, 0.05) is 16.5 Å². The van der Waals surface area contributed by atoms with Crippen molar-refractivity contribution in [2.45, 2.75) is 58.0 Å². The average molecular weight is 341 g/mol. The predicted molar refractivity (Wildman–Crippen MR) is 99.6 cm³/mol. The maximum absolute atomic E-state index is 12.9. The van der Waals surface area contributed by atoms with Crippen molar-refractivity contribution < 1.29 is 14.6 Å². The Morgan fingerprint density at radius 1 is 1.16 bits per heavy atom. The Bertz CT molecular complexity index is 818. The number of aromatic nitrogens is 1. The number of fused-ring (bicyclic) bond motifs is 3. The molecule has 0 spiro atoms. The number of benzene rings is 1. The largest absolute Gasteiger partial charge is 0.493 e. The maximum Gasteiger partial charge on any atom is 0.230 e. The van der Waals surface area contributed by atoms with Crippen LogP contribution < -0.4 is 0 Å². The van der Waals surface area contributed by atoms with E-state index in [1.54, 1.807) is 6.92 Å². The fourth-order valence-electron chi connectivity index (χ4n) is 3.89. The van der Waals surface area contributed by atoms with Gasteiger partial charge in [0.15, 0.2) is 5.76 Å². The van der Waals surface area contributed by atoms with Gasteiger partial charge in [-0.1, -0.05) is 50.8 Å². The minimum absolute atomic E-state index is 0.150. The molecule has 0 saturated carbocycles. The lowest BCUT2D eigenvalue weighted by Gasteiger charge is -2.34. The third-order valence-electron chi connectivity index (χ3n) is 5.36. The highest BCUT2D eigenvalue weighted by Crippen LogP contribution is 2.44. The number of methoxy groups -OCH3 is 1. The molecule has 4 heteroatoms. The summed E-state index contributed by atoms with van der Waals surface area (Å²) in [5.41, 5.74) is 1.46. The van der Waals surface area contributed by atoms with Crippen LogP contribution in [0.4, 0.5) is 0 Å². The molecule has 0 radical (unpaired) electrons. The van der Waals surface area contributed by atoms with Crippen LogP contribution in [0.25, 0.3) is 10.9 Å². The first kappa shape index (κ1) is 17.7. The zero-order chi connectivity index (χ0) is 18.0. The van der Waals surface area contributed by atoms with E-state index in [1.165, 1.54) is 26.4 Å². The minimum Gasteiger partial charge on any atom is -0.493 e. The quantitative estimate of drug-likeness (QED) is 0.709. The van der Waals surface area contributed by atoms with Crippen LogP contribution in [0.1, 0.15) is 68.4 Å². The number of aliphatic hydroxyl groups is 1. The number of ketones is 1. The summed E-state index contributed by atoms with van der Waals surface area (Å²) < 4.78 is 5.39. The number of aromatic amines is 1. The zero-order valence-electron chi connectivity index (χ0n) is 15.3. The molecule has 1 aromatic heterocycles. The van der Waals surface area contributed by atoms with E-state index < -0.39 is 5.60 Å². The third kappa shape index (κ3) is 2.89. The highest BCUT2D eigenvalue weighted by molar-refractivity contribution is 6.18. The van der Waals surface area contributed by atoms with Crippen molar-refractivity contribution in [2.75, 3.05) is 7.11 Å². The molecule has 1 heterocycles. The van der Waals surface area contributed by atoms with Gasteiger partial charge in [-0.05, 0) is 25.8 Å². The van der Waals surface area contributed by atoms with Gasteiger partial charge >= 0.3 is 0 Å². The number of carbonyl (C=O) groups excluding carboxylic acids is 1. The normalized spacial score (nSPS) is 20.2. The Hall–Kier alpha value is -2.07. The monoisotopic (exact) mass is 341 g/mol. The predicted octanol–water partition coefficient (Wildman–Crippen LogP) is 4.83. The van der Waals surface area contributed by atoms with Crippen molar-refractivity contribution in [3.63, 3.8) is 0 Å². The number of nitrogens with one attached hydrogen (secondary N) is 1. The lowest BCUT2D eigenvalue weighted by Crippen LogP contribution is -2.36. The van der Waals surface area contributed by atoms with Gasteiger partial charge in [0.25, 0.3) is 0 Å². The molecule has 0 fully saturated rings. The van der Waals surface area contributed by atoms with E-state index in [0.29, 0.717) is 23.3 Å². The topological polar surface area (TPSA) is 62.3 Å². The molecule has 1 aliphatic rings. The van der Waals surface area contributed by atoms with Crippen LogP contribution in [0.15, 0.2) is 35.6 Å². The number of para-hydroxylation sites is 1. The van der Waals surface area contributed by atoms with E-state index in [2.05, 4.69) is 11.9 Å². The summed E-state index contributed by atoms with van der Waals surface area (Å²) >= 11 is 0. The molecular weight excluding hydrogens is 314 g/mol. The summed E-state index contributed by atoms with van der Waals surface area (Å²) in [4.78, 5) is 16.2. The first-order chi connectivity index (χ1) is 12.0. The first-order valence-corrected chi connectivity index (χ1v) is 9.18. The lowest BCUT2D eigenvalue weighted by molar-refractivity contribution is 0.0457. The number of ether oxygens (including phenoxy) is 1. The highest BCUT2D eigenvalue weighted by atomic mass is 16.5. The maximum atomic E-state index is 12.9. The van der Waals surface area contributed by atoms with E-state index in [4.69, 9.17) is 4.74 Å². The SMILES string of the molecule is CCCCCCCC1(O)C(C)=C(OC)C(=O)c2c1[nH]c1ccccc21. The summed E-state index contributed by atoms with van der Waals surface area (Å²) in [5, 5.41) is 12.4. The van der Waals surface area contributed by atoms with Crippen molar-refractivity contribution in [1.29, 1.82) is 0 Å². The fraction of sp³-hybridized carbons (Fsp3) is 0.476. The Morgan fingerprint density at radius 2 is 1.88 bits per heavy atom. The summed E-state index contributed by atoms with van der Waals surface area (Å²) in [7, 11) is 1.50. The molecule has 0 amide bonds. The number of H-pyrrole nitrogens is 1. The van der Waals surface area contributed by atoms with E-state index in [1.807, 2.05) is 24.3 Å². The van der Waals surface area contributed by atoms with Crippen LogP contribution in [0.3, 0.4) is 0 Å². The Labute approximate surface area is 148 Å². The van der Waals surface area contributed by atoms with Crippen molar-refractivity contribution in [1.82, 2.24) is 4.98 Å². The molecule has 4 nitrogen and oxygen atoms in total. The van der Waals surface area contributed by atoms with E-state index in [-0.39, 0.29) is 11.5 Å². The van der Waals surface area contributed by atoms with Crippen LogP contribution in [0.5, 0.6) is 0 Å². The van der Waals surface area contributed by atoms with E-state index in [9.17, 15) is 9.90 Å². The second kappa shape index (κ2) is 7.04. The number of allylic oxidation sites excluding steroid dienone is 1. The van der Waals surface area contributed by atoms with Crippen molar-refractivity contribution in [2.24, 2.45) is 0 Å². The lowest BCUT2D eigenvalue weighted by atomic mass is 9.77. The van der Waals surface area contributed by atoms with Crippen LogP contribution in [0, 0.1) is 0 Å². The Balaban J connectivity index is 2.03. The van der Waals surface area contributed by atoms with Crippen molar-refractivity contribution >= 4 is 16.7 Å². The average Bonchev–Trinajstić information content (AvgIpc) is 3.01. The molecule has 2 aromatic rings. The molecule has 1 atom stereocenters. The molecule has 2 N–H and O–H groups in total. The van der Waals surface area contributed by atoms with E-state index >= 15 is 0 Å². The molecule has 134 valence electrons. The van der Waals surface area contributed by atoms with Crippen molar-refractivity contribution in [3.8, 4) is 0 Å². The zero-order valence-corrected chi connectivity index (χ0v) is 15.3. The van der Waals surface area contributed by atoms with Crippen LogP contribution in [-0.2, 0) is 10.3 Å². The van der Waals surface area contributed by atoms with Crippen LogP contribution in [0.2, 0.25) is 0 Å². The van der Waals surface area contributed by atoms with Gasteiger partial charge in [-0.3, -0.25) is 4.79 Å². The van der Waals surface area contributed by atoms with Gasteiger partial charge in [-0.2, -0.15) is 0 Å². The van der Waals surface area contributed by atoms with Gasteiger partial charge in [-0.25, -0.2) is 0 Å². The standard InChI is InChI=1S/C21H27NO3/c1-4-5-6-7-10-13-21(24)14(2)19(25-3)18(23)17-15-11-8-9-12-16(15)22-20(17)21/h8-9,11-12,22,24H,4-7,10,13H2,1-3H3. The smallest absolute Gasteiger partial charge is 0.230 e. The number of hydrogen-bond acceptors (Lipinski definition) is 3. The molecule has 0 aliphatic heterocycles. The molecule has 1 unspecified atom stereocenters.